The van der Waals surface area contributed by atoms with Gasteiger partial charge in [0.05, 0.1) is 4.90 Å². The van der Waals surface area contributed by atoms with Crippen molar-refractivity contribution in [3.05, 3.63) is 29.8 Å². The first-order valence-electron chi connectivity index (χ1n) is 9.46. The number of sulfonamides is 1. The van der Waals surface area contributed by atoms with Gasteiger partial charge in [-0.3, -0.25) is 4.99 Å². The number of nitrogens with one attached hydrogen (secondary N) is 2. The molecule has 0 amide bonds. The molecular formula is C19H34IN5O2S2. The van der Waals surface area contributed by atoms with Crippen molar-refractivity contribution in [2.45, 2.75) is 30.0 Å². The first-order chi connectivity index (χ1) is 13.2. The smallest absolute Gasteiger partial charge is 0.243 e. The highest BCUT2D eigenvalue weighted by Crippen LogP contribution is 2.22. The number of nitrogens with zero attached hydrogens (tertiary/aromatic N) is 3. The minimum absolute atomic E-state index is 0. The van der Waals surface area contributed by atoms with E-state index >= 15 is 0 Å². The highest BCUT2D eigenvalue weighted by atomic mass is 127. The summed E-state index contributed by atoms with van der Waals surface area (Å²) in [5.41, 5.74) is 0.744. The van der Waals surface area contributed by atoms with Gasteiger partial charge in [-0.25, -0.2) is 8.42 Å². The number of benzene rings is 1. The molecule has 10 heteroatoms. The predicted octanol–water partition coefficient (Wildman–Crippen LogP) is 2.05. The standard InChI is InChI=1S/C19H33N5O2S2.HI/c1-19(2,27-5)15-22-18(20-3)21-14-16-8-6-7-9-17(16)28(25,26)24-12-10-23(4)11-13-24;/h6-9H,10-15H2,1-5H3,(H2,20,21,22);1H. The number of piperazine rings is 1. The summed E-state index contributed by atoms with van der Waals surface area (Å²) in [5, 5.41) is 6.55. The van der Waals surface area contributed by atoms with E-state index in [1.54, 1.807) is 35.2 Å². The predicted molar refractivity (Wildman–Crippen MR) is 134 cm³/mol. The molecule has 0 radical (unpaired) electrons. The molecule has 0 aliphatic carbocycles. The van der Waals surface area contributed by atoms with Gasteiger partial charge in [0, 0.05) is 51.1 Å². The van der Waals surface area contributed by atoms with Crippen LogP contribution in [0.3, 0.4) is 0 Å². The van der Waals surface area contributed by atoms with Crippen molar-refractivity contribution in [3.63, 3.8) is 0 Å². The second kappa shape index (κ2) is 11.7. The second-order valence-electron chi connectivity index (χ2n) is 7.56. The van der Waals surface area contributed by atoms with E-state index in [-0.39, 0.29) is 28.7 Å². The minimum atomic E-state index is -3.51. The van der Waals surface area contributed by atoms with Crippen LogP contribution in [0.5, 0.6) is 0 Å². The zero-order valence-electron chi connectivity index (χ0n) is 17.9. The number of likely N-dealkylation sites (N-methyl/N-ethyl adjacent to an activating group) is 1. The van der Waals surface area contributed by atoms with Crippen molar-refractivity contribution >= 4 is 51.7 Å². The Labute approximate surface area is 197 Å². The van der Waals surface area contributed by atoms with E-state index in [9.17, 15) is 8.42 Å². The molecule has 0 atom stereocenters. The Morgan fingerprint density at radius 3 is 2.38 bits per heavy atom. The number of guanidine groups is 1. The number of hydrogen-bond acceptors (Lipinski definition) is 5. The van der Waals surface area contributed by atoms with E-state index in [1.165, 1.54) is 0 Å². The van der Waals surface area contributed by atoms with Crippen molar-refractivity contribution in [3.8, 4) is 0 Å². The molecule has 0 bridgehead atoms. The molecule has 2 rings (SSSR count). The van der Waals surface area contributed by atoms with E-state index in [0.717, 1.165) is 25.2 Å². The van der Waals surface area contributed by atoms with Crippen LogP contribution < -0.4 is 10.6 Å². The SMILES string of the molecule is CN=C(NCc1ccccc1S(=O)(=O)N1CCN(C)CC1)NCC(C)(C)SC.I. The van der Waals surface area contributed by atoms with Gasteiger partial charge in [0.25, 0.3) is 0 Å². The van der Waals surface area contributed by atoms with Crippen LogP contribution in [0.15, 0.2) is 34.2 Å². The third-order valence-electron chi connectivity index (χ3n) is 4.96. The Kier molecular flexibility index (Phi) is 10.7. The number of aliphatic imine (C=N–C) groups is 1. The van der Waals surface area contributed by atoms with Crippen LogP contribution in [-0.2, 0) is 16.6 Å². The van der Waals surface area contributed by atoms with Gasteiger partial charge in [0.2, 0.25) is 10.0 Å². The van der Waals surface area contributed by atoms with Gasteiger partial charge < -0.3 is 15.5 Å². The molecule has 2 N–H and O–H groups in total. The van der Waals surface area contributed by atoms with E-state index < -0.39 is 10.0 Å². The zero-order valence-corrected chi connectivity index (χ0v) is 21.9. The minimum Gasteiger partial charge on any atom is -0.355 e. The van der Waals surface area contributed by atoms with E-state index in [1.807, 2.05) is 19.2 Å². The molecule has 166 valence electrons. The fraction of sp³-hybridized carbons (Fsp3) is 0.632. The molecule has 1 aliphatic heterocycles. The van der Waals surface area contributed by atoms with E-state index in [4.69, 9.17) is 0 Å². The molecule has 1 heterocycles. The average molecular weight is 556 g/mol. The molecule has 0 unspecified atom stereocenters. The summed E-state index contributed by atoms with van der Waals surface area (Å²) in [6.45, 7) is 8.02. The van der Waals surface area contributed by atoms with Crippen molar-refractivity contribution in [2.24, 2.45) is 4.99 Å². The number of rotatable bonds is 7. The van der Waals surface area contributed by atoms with Crippen LogP contribution in [0, 0.1) is 0 Å². The van der Waals surface area contributed by atoms with Gasteiger partial charge in [0.15, 0.2) is 5.96 Å². The number of halogens is 1. The van der Waals surface area contributed by atoms with Crippen LogP contribution in [0.4, 0.5) is 0 Å². The summed E-state index contributed by atoms with van der Waals surface area (Å²) in [6.07, 6.45) is 2.08. The van der Waals surface area contributed by atoms with Crippen LogP contribution in [0.25, 0.3) is 0 Å². The lowest BCUT2D eigenvalue weighted by Crippen LogP contribution is -2.47. The lowest BCUT2D eigenvalue weighted by atomic mass is 10.2. The maximum atomic E-state index is 13.2. The number of hydrogen-bond donors (Lipinski definition) is 2. The molecule has 0 saturated carbocycles. The molecule has 29 heavy (non-hydrogen) atoms. The fourth-order valence-corrected chi connectivity index (χ4v) is 4.70. The number of thioether (sulfide) groups is 1. The van der Waals surface area contributed by atoms with Crippen molar-refractivity contribution in [1.82, 2.24) is 19.8 Å². The lowest BCUT2D eigenvalue weighted by Gasteiger charge is -2.32. The summed E-state index contributed by atoms with van der Waals surface area (Å²) in [7, 11) is 0.222. The van der Waals surface area contributed by atoms with Crippen molar-refractivity contribution in [1.29, 1.82) is 0 Å². The highest BCUT2D eigenvalue weighted by Gasteiger charge is 2.29. The van der Waals surface area contributed by atoms with Gasteiger partial charge in [0.1, 0.15) is 0 Å². The van der Waals surface area contributed by atoms with Crippen LogP contribution in [-0.4, -0.2) is 81.4 Å². The largest absolute Gasteiger partial charge is 0.355 e. The third kappa shape index (κ3) is 7.57. The summed E-state index contributed by atoms with van der Waals surface area (Å²) < 4.78 is 28.0. The van der Waals surface area contributed by atoms with Crippen LogP contribution in [0.2, 0.25) is 0 Å². The summed E-state index contributed by atoms with van der Waals surface area (Å²) in [5.74, 6) is 0.661. The molecule has 0 aromatic heterocycles. The molecule has 1 aromatic rings. The van der Waals surface area contributed by atoms with Gasteiger partial charge in [-0.15, -0.1) is 24.0 Å². The Morgan fingerprint density at radius 2 is 1.79 bits per heavy atom. The molecule has 1 aliphatic rings. The molecular weight excluding hydrogens is 521 g/mol. The average Bonchev–Trinajstić information content (AvgIpc) is 2.68. The monoisotopic (exact) mass is 555 g/mol. The Hall–Kier alpha value is -0.560. The molecule has 1 saturated heterocycles. The maximum Gasteiger partial charge on any atom is 0.243 e. The first-order valence-corrected chi connectivity index (χ1v) is 12.1. The highest BCUT2D eigenvalue weighted by molar-refractivity contribution is 14.0. The van der Waals surface area contributed by atoms with Crippen LogP contribution >= 0.6 is 35.7 Å². The van der Waals surface area contributed by atoms with Gasteiger partial charge >= 0.3 is 0 Å². The molecule has 1 fully saturated rings. The van der Waals surface area contributed by atoms with Gasteiger partial charge in [-0.05, 0) is 38.8 Å². The maximum absolute atomic E-state index is 13.2. The topological polar surface area (TPSA) is 77.0 Å². The van der Waals surface area contributed by atoms with Crippen molar-refractivity contribution in [2.75, 3.05) is 53.1 Å². The molecule has 1 aromatic carbocycles. The van der Waals surface area contributed by atoms with E-state index in [0.29, 0.717) is 30.5 Å². The summed E-state index contributed by atoms with van der Waals surface area (Å²) in [6, 6.07) is 7.19. The lowest BCUT2D eigenvalue weighted by molar-refractivity contribution is 0.222. The molecule has 0 spiro atoms. The first kappa shape index (κ1) is 26.5. The zero-order chi connectivity index (χ0) is 20.8. The Bertz CT molecular complexity index is 779. The van der Waals surface area contributed by atoms with E-state index in [2.05, 4.69) is 40.6 Å². The Morgan fingerprint density at radius 1 is 1.17 bits per heavy atom. The Balaban J connectivity index is 0.00000420. The second-order valence-corrected chi connectivity index (χ2v) is 11.0. The van der Waals surface area contributed by atoms with Crippen LogP contribution in [0.1, 0.15) is 19.4 Å². The van der Waals surface area contributed by atoms with Crippen molar-refractivity contribution < 1.29 is 8.42 Å². The summed E-state index contributed by atoms with van der Waals surface area (Å²) in [4.78, 5) is 6.76. The normalized spacial score (nSPS) is 16.9. The van der Waals surface area contributed by atoms with Gasteiger partial charge in [-0.1, -0.05) is 18.2 Å². The summed E-state index contributed by atoms with van der Waals surface area (Å²) >= 11 is 1.78. The van der Waals surface area contributed by atoms with Gasteiger partial charge in [-0.2, -0.15) is 16.1 Å². The fourth-order valence-electron chi connectivity index (χ4n) is 2.84. The molecule has 7 nitrogen and oxygen atoms in total. The third-order valence-corrected chi connectivity index (χ3v) is 8.21. The quantitative estimate of drug-likeness (QED) is 0.305.